The molecule has 3 N–H and O–H groups in total. The van der Waals surface area contributed by atoms with Crippen molar-refractivity contribution < 1.29 is 20.1 Å². The van der Waals surface area contributed by atoms with Crippen LogP contribution in [0.15, 0.2) is 0 Å². The predicted octanol–water partition coefficient (Wildman–Crippen LogP) is 10.5. The number of aliphatic hydroxyl groups is 3. The van der Waals surface area contributed by atoms with Crippen LogP contribution in [0.2, 0.25) is 0 Å². The maximum absolute atomic E-state index is 8.59. The molecule has 0 unspecified atom stereocenters. The number of alkyl halides is 1. The summed E-state index contributed by atoms with van der Waals surface area (Å²) in [6, 6.07) is 0. The molecule has 5 heteroatoms. The third-order valence-electron chi connectivity index (χ3n) is 6.89. The predicted molar refractivity (Wildman–Crippen MR) is 177 cm³/mol. The summed E-state index contributed by atoms with van der Waals surface area (Å²) in [7, 11) is 0. The number of halogens is 1. The molecule has 0 aromatic carbocycles. The normalized spacial score (nSPS) is 10.6. The molecular formula is C34H73BrO4. The molecule has 0 aromatic rings. The van der Waals surface area contributed by atoms with E-state index in [4.69, 9.17) is 20.1 Å². The lowest BCUT2D eigenvalue weighted by atomic mass is 10.1. The van der Waals surface area contributed by atoms with Gasteiger partial charge in [-0.1, -0.05) is 171 Å². The molecule has 0 saturated carbocycles. The van der Waals surface area contributed by atoms with Crippen molar-refractivity contribution in [3.05, 3.63) is 0 Å². The second-order valence-corrected chi connectivity index (χ2v) is 11.8. The Morgan fingerprint density at radius 3 is 0.923 bits per heavy atom. The van der Waals surface area contributed by atoms with Crippen LogP contribution in [0.25, 0.3) is 0 Å². The largest absolute Gasteiger partial charge is 0.396 e. The number of hydrogen-bond acceptors (Lipinski definition) is 4. The van der Waals surface area contributed by atoms with Crippen molar-refractivity contribution >= 4 is 15.9 Å². The molecule has 0 radical (unpaired) electrons. The maximum Gasteiger partial charge on any atom is 0.0487 e. The van der Waals surface area contributed by atoms with E-state index in [0.717, 1.165) is 13.0 Å². The molecule has 0 aliphatic heterocycles. The van der Waals surface area contributed by atoms with Gasteiger partial charge in [0, 0.05) is 38.4 Å². The Morgan fingerprint density at radius 1 is 0.359 bits per heavy atom. The highest BCUT2D eigenvalue weighted by Gasteiger charge is 1.94. The van der Waals surface area contributed by atoms with Crippen LogP contribution < -0.4 is 0 Å². The summed E-state index contributed by atoms with van der Waals surface area (Å²) < 4.78 is 5.41. The van der Waals surface area contributed by atoms with E-state index in [9.17, 15) is 0 Å². The second kappa shape index (κ2) is 48.1. The van der Waals surface area contributed by atoms with Crippen LogP contribution in [0.3, 0.4) is 0 Å². The molecule has 0 saturated heterocycles. The van der Waals surface area contributed by atoms with Gasteiger partial charge in [0.05, 0.1) is 0 Å². The Kier molecular flexibility index (Phi) is 54.0. The smallest absolute Gasteiger partial charge is 0.0487 e. The fourth-order valence-corrected chi connectivity index (χ4v) is 4.72. The zero-order valence-electron chi connectivity index (χ0n) is 26.8. The van der Waals surface area contributed by atoms with Crippen molar-refractivity contribution in [1.82, 2.24) is 0 Å². The highest BCUT2D eigenvalue weighted by Crippen LogP contribution is 2.13. The Bertz CT molecular complexity index is 328. The fraction of sp³-hybridized carbons (Fsp3) is 1.00. The molecule has 0 amide bonds. The Morgan fingerprint density at radius 2 is 0.641 bits per heavy atom. The molecule has 0 heterocycles. The van der Waals surface area contributed by atoms with Crippen LogP contribution in [0.5, 0.6) is 0 Å². The number of unbranched alkanes of at least 4 members (excludes halogenated alkanes) is 22. The van der Waals surface area contributed by atoms with E-state index in [1.165, 1.54) is 159 Å². The summed E-state index contributed by atoms with van der Waals surface area (Å²) in [6.45, 7) is 6.59. The van der Waals surface area contributed by atoms with Crippen LogP contribution >= 0.6 is 15.9 Å². The molecular weight excluding hydrogens is 552 g/mol. The quantitative estimate of drug-likeness (QED) is 0.0549. The van der Waals surface area contributed by atoms with E-state index < -0.39 is 0 Å². The summed E-state index contributed by atoms with van der Waals surface area (Å²) in [6.07, 6.45) is 35.2. The fourth-order valence-electron chi connectivity index (χ4n) is 4.32. The summed E-state index contributed by atoms with van der Waals surface area (Å²) in [5.41, 5.74) is 0. The molecule has 4 nitrogen and oxygen atoms in total. The molecule has 0 spiro atoms. The first-order valence-corrected chi connectivity index (χ1v) is 18.3. The van der Waals surface area contributed by atoms with Crippen LogP contribution in [0.4, 0.5) is 0 Å². The van der Waals surface area contributed by atoms with E-state index in [-0.39, 0.29) is 19.8 Å². The van der Waals surface area contributed by atoms with Crippen molar-refractivity contribution in [2.24, 2.45) is 0 Å². The molecule has 0 atom stereocenters. The van der Waals surface area contributed by atoms with Crippen molar-refractivity contribution in [3.63, 3.8) is 0 Å². The Hall–Kier alpha value is 0.320. The van der Waals surface area contributed by atoms with E-state index >= 15 is 0 Å². The average molecular weight is 626 g/mol. The molecule has 0 bridgehead atoms. The number of rotatable bonds is 30. The van der Waals surface area contributed by atoms with E-state index in [1.807, 2.05) is 0 Å². The Balaban J connectivity index is -0.000000576. The lowest BCUT2D eigenvalue weighted by molar-refractivity contribution is 0.112. The topological polar surface area (TPSA) is 69.9 Å². The van der Waals surface area contributed by atoms with Gasteiger partial charge in [0.15, 0.2) is 0 Å². The van der Waals surface area contributed by atoms with Crippen LogP contribution in [-0.4, -0.2) is 53.7 Å². The lowest BCUT2D eigenvalue weighted by Gasteiger charge is -2.04. The summed E-state index contributed by atoms with van der Waals surface area (Å²) in [5.74, 6) is 0. The van der Waals surface area contributed by atoms with E-state index in [1.54, 1.807) is 0 Å². The van der Waals surface area contributed by atoms with Crippen LogP contribution in [-0.2, 0) is 4.74 Å². The maximum atomic E-state index is 8.59. The van der Waals surface area contributed by atoms with Crippen LogP contribution in [0, 0.1) is 0 Å². The number of aliphatic hydroxyl groups excluding tert-OH is 3. The SMILES string of the molecule is CCCCCCCCCCCCCCBr.CCCCCCCCCCCCCCOCCCO.OCCCO. The van der Waals surface area contributed by atoms with Gasteiger partial charge in [0.2, 0.25) is 0 Å². The highest BCUT2D eigenvalue weighted by atomic mass is 79.9. The summed E-state index contributed by atoms with van der Waals surface area (Å²) in [5, 5.41) is 25.6. The molecule has 0 aliphatic rings. The summed E-state index contributed by atoms with van der Waals surface area (Å²) >= 11 is 3.47. The number of ether oxygens (including phenoxy) is 1. The van der Waals surface area contributed by atoms with Gasteiger partial charge < -0.3 is 20.1 Å². The molecule has 39 heavy (non-hydrogen) atoms. The number of hydrogen-bond donors (Lipinski definition) is 3. The molecule has 0 fully saturated rings. The van der Waals surface area contributed by atoms with Gasteiger partial charge in [-0.05, 0) is 25.7 Å². The van der Waals surface area contributed by atoms with Crippen molar-refractivity contribution in [3.8, 4) is 0 Å². The minimum absolute atomic E-state index is 0.0938. The molecule has 240 valence electrons. The van der Waals surface area contributed by atoms with Crippen molar-refractivity contribution in [2.75, 3.05) is 38.4 Å². The van der Waals surface area contributed by atoms with E-state index in [0.29, 0.717) is 13.0 Å². The van der Waals surface area contributed by atoms with Gasteiger partial charge in [-0.2, -0.15) is 0 Å². The van der Waals surface area contributed by atoms with Gasteiger partial charge in [0.1, 0.15) is 0 Å². The third-order valence-corrected chi connectivity index (χ3v) is 7.45. The zero-order chi connectivity index (χ0) is 29.3. The van der Waals surface area contributed by atoms with Gasteiger partial charge in [0.25, 0.3) is 0 Å². The minimum atomic E-state index is 0.0938. The zero-order valence-corrected chi connectivity index (χ0v) is 28.3. The standard InChI is InChI=1S/C17H36O2.C14H29Br.C3H8O2/c1-2-3-4-5-6-7-8-9-10-11-12-13-16-19-17-14-15-18;1-2-3-4-5-6-7-8-9-10-11-12-13-14-15;4-2-1-3-5/h18H,2-17H2,1H3;2-14H2,1H3;4-5H,1-3H2. The summed E-state index contributed by atoms with van der Waals surface area (Å²) in [4.78, 5) is 0. The minimum Gasteiger partial charge on any atom is -0.396 e. The lowest BCUT2D eigenvalue weighted by Crippen LogP contribution is -1.98. The van der Waals surface area contributed by atoms with Gasteiger partial charge >= 0.3 is 0 Å². The van der Waals surface area contributed by atoms with Crippen molar-refractivity contribution in [1.29, 1.82) is 0 Å². The molecule has 0 aliphatic carbocycles. The monoisotopic (exact) mass is 624 g/mol. The highest BCUT2D eigenvalue weighted by molar-refractivity contribution is 9.09. The Labute approximate surface area is 254 Å². The molecule has 0 aromatic heterocycles. The third kappa shape index (κ3) is 55.0. The van der Waals surface area contributed by atoms with Crippen molar-refractivity contribution in [2.45, 2.75) is 181 Å². The second-order valence-electron chi connectivity index (χ2n) is 11.0. The molecule has 0 rings (SSSR count). The van der Waals surface area contributed by atoms with Gasteiger partial charge in [-0.25, -0.2) is 0 Å². The first-order chi connectivity index (χ1) is 19.2. The first kappa shape index (κ1) is 43.8. The van der Waals surface area contributed by atoms with Gasteiger partial charge in [-0.15, -0.1) is 0 Å². The van der Waals surface area contributed by atoms with Gasteiger partial charge in [-0.3, -0.25) is 0 Å². The first-order valence-electron chi connectivity index (χ1n) is 17.2. The average Bonchev–Trinajstić information content (AvgIpc) is 2.95. The van der Waals surface area contributed by atoms with E-state index in [2.05, 4.69) is 29.8 Å². The van der Waals surface area contributed by atoms with Crippen LogP contribution in [0.1, 0.15) is 181 Å².